The maximum absolute atomic E-state index is 4.78. The van der Waals surface area contributed by atoms with Crippen molar-refractivity contribution in [1.82, 2.24) is 19.5 Å². The van der Waals surface area contributed by atoms with Crippen LogP contribution in [0, 0.1) is 6.92 Å². The fraction of sp³-hybridized carbons (Fsp3) is 0.316. The van der Waals surface area contributed by atoms with Crippen LogP contribution in [0.3, 0.4) is 0 Å². The Kier molecular flexibility index (Phi) is 3.99. The monoisotopic (exact) mass is 319 g/mol. The molecule has 0 saturated heterocycles. The molecule has 0 spiro atoms. The molecule has 0 radical (unpaired) electrons. The van der Waals surface area contributed by atoms with E-state index in [2.05, 4.69) is 50.3 Å². The fourth-order valence-corrected chi connectivity index (χ4v) is 3.03. The lowest BCUT2D eigenvalue weighted by atomic mass is 10.1. The first-order valence-electron chi connectivity index (χ1n) is 8.46. The number of rotatable bonds is 4. The lowest BCUT2D eigenvalue weighted by molar-refractivity contribution is 0.522. The van der Waals surface area contributed by atoms with Crippen LogP contribution in [-0.4, -0.2) is 19.5 Å². The molecule has 5 heteroatoms. The topological polar surface area (TPSA) is 55.6 Å². The molecule has 122 valence electrons. The highest BCUT2D eigenvalue weighted by atomic mass is 15.1. The van der Waals surface area contributed by atoms with Gasteiger partial charge in [-0.1, -0.05) is 12.1 Å². The van der Waals surface area contributed by atoms with E-state index in [1.807, 2.05) is 19.3 Å². The van der Waals surface area contributed by atoms with Crippen LogP contribution in [0.2, 0.25) is 0 Å². The minimum atomic E-state index is 0.721. The van der Waals surface area contributed by atoms with E-state index in [-0.39, 0.29) is 0 Å². The Labute approximate surface area is 141 Å². The second-order valence-electron chi connectivity index (χ2n) is 6.26. The number of hydrogen-bond donors (Lipinski definition) is 1. The highest BCUT2D eigenvalue weighted by molar-refractivity contribution is 5.62. The van der Waals surface area contributed by atoms with Gasteiger partial charge in [0.15, 0.2) is 0 Å². The summed E-state index contributed by atoms with van der Waals surface area (Å²) in [5.74, 6) is 2.02. The van der Waals surface area contributed by atoms with Gasteiger partial charge in [-0.15, -0.1) is 0 Å². The summed E-state index contributed by atoms with van der Waals surface area (Å²) in [5.41, 5.74) is 4.40. The van der Waals surface area contributed by atoms with Crippen LogP contribution in [-0.2, 0) is 19.5 Å². The Morgan fingerprint density at radius 1 is 1.08 bits per heavy atom. The Hall–Kier alpha value is -2.69. The summed E-state index contributed by atoms with van der Waals surface area (Å²) in [6.07, 6.45) is 9.51. The minimum absolute atomic E-state index is 0.721. The van der Waals surface area contributed by atoms with Crippen molar-refractivity contribution in [1.29, 1.82) is 0 Å². The van der Waals surface area contributed by atoms with E-state index in [1.54, 1.807) is 0 Å². The Morgan fingerprint density at radius 3 is 2.62 bits per heavy atom. The second-order valence-corrected chi connectivity index (χ2v) is 6.26. The maximum atomic E-state index is 4.78. The van der Waals surface area contributed by atoms with Crippen LogP contribution in [0.5, 0.6) is 0 Å². The molecular weight excluding hydrogens is 298 g/mol. The zero-order chi connectivity index (χ0) is 16.4. The fourth-order valence-electron chi connectivity index (χ4n) is 3.03. The van der Waals surface area contributed by atoms with Crippen molar-refractivity contribution in [2.24, 2.45) is 0 Å². The number of nitrogens with one attached hydrogen (secondary N) is 1. The standard InChI is InChI=1S/C19H21N5/c1-14-20-10-15(11-21-14)12-22-17-7-5-16(6-8-17)18-13-24-9-3-2-4-19(24)23-18/h5-8,10-11,13,22H,2-4,9,12H2,1H3. The van der Waals surface area contributed by atoms with Crippen molar-refractivity contribution in [2.45, 2.75) is 39.3 Å². The number of benzene rings is 1. The van der Waals surface area contributed by atoms with Crippen LogP contribution in [0.1, 0.15) is 30.1 Å². The predicted molar refractivity (Wildman–Crippen MR) is 94.7 cm³/mol. The van der Waals surface area contributed by atoms with Gasteiger partial charge in [-0.3, -0.25) is 0 Å². The molecule has 0 atom stereocenters. The number of fused-ring (bicyclic) bond motifs is 1. The molecule has 1 N–H and O–H groups in total. The zero-order valence-corrected chi connectivity index (χ0v) is 13.9. The van der Waals surface area contributed by atoms with Crippen LogP contribution in [0.4, 0.5) is 5.69 Å². The summed E-state index contributed by atoms with van der Waals surface area (Å²) in [6, 6.07) is 8.45. The number of nitrogens with zero attached hydrogens (tertiary/aromatic N) is 4. The number of aromatic nitrogens is 4. The van der Waals surface area contributed by atoms with Crippen LogP contribution < -0.4 is 5.32 Å². The van der Waals surface area contributed by atoms with Crippen molar-refractivity contribution >= 4 is 5.69 Å². The predicted octanol–water partition coefficient (Wildman–Crippen LogP) is 3.60. The first-order chi connectivity index (χ1) is 11.8. The number of imidazole rings is 1. The van der Waals surface area contributed by atoms with Gasteiger partial charge >= 0.3 is 0 Å². The Morgan fingerprint density at radius 2 is 1.88 bits per heavy atom. The van der Waals surface area contributed by atoms with E-state index in [0.717, 1.165) is 42.3 Å². The van der Waals surface area contributed by atoms with Gasteiger partial charge in [0.2, 0.25) is 0 Å². The van der Waals surface area contributed by atoms with Crippen molar-refractivity contribution in [3.63, 3.8) is 0 Å². The van der Waals surface area contributed by atoms with Crippen LogP contribution in [0.15, 0.2) is 42.9 Å². The molecule has 1 aliphatic rings. The van der Waals surface area contributed by atoms with E-state index in [4.69, 9.17) is 4.98 Å². The highest BCUT2D eigenvalue weighted by Crippen LogP contribution is 2.24. The second kappa shape index (κ2) is 6.43. The molecule has 1 aromatic carbocycles. The molecule has 1 aliphatic heterocycles. The molecule has 4 rings (SSSR count). The molecule has 0 saturated carbocycles. The lowest BCUT2D eigenvalue weighted by Crippen LogP contribution is -2.08. The van der Waals surface area contributed by atoms with E-state index in [9.17, 15) is 0 Å². The molecule has 5 nitrogen and oxygen atoms in total. The van der Waals surface area contributed by atoms with E-state index >= 15 is 0 Å². The Bertz CT molecular complexity index is 794. The average Bonchev–Trinajstić information content (AvgIpc) is 3.06. The third kappa shape index (κ3) is 3.15. The summed E-state index contributed by atoms with van der Waals surface area (Å²) < 4.78 is 2.29. The first-order valence-corrected chi connectivity index (χ1v) is 8.46. The summed E-state index contributed by atoms with van der Waals surface area (Å²) in [5, 5.41) is 3.40. The van der Waals surface area contributed by atoms with Crippen molar-refractivity contribution in [3.8, 4) is 11.3 Å². The molecule has 0 fully saturated rings. The van der Waals surface area contributed by atoms with Crippen LogP contribution >= 0.6 is 0 Å². The van der Waals surface area contributed by atoms with Gasteiger partial charge in [-0.25, -0.2) is 15.0 Å². The van der Waals surface area contributed by atoms with E-state index < -0.39 is 0 Å². The van der Waals surface area contributed by atoms with Crippen molar-refractivity contribution in [2.75, 3.05) is 5.32 Å². The molecule has 0 aliphatic carbocycles. The van der Waals surface area contributed by atoms with Crippen LogP contribution in [0.25, 0.3) is 11.3 Å². The van der Waals surface area contributed by atoms with Gasteiger partial charge in [-0.05, 0) is 31.9 Å². The summed E-state index contributed by atoms with van der Waals surface area (Å²) >= 11 is 0. The van der Waals surface area contributed by atoms with Gasteiger partial charge < -0.3 is 9.88 Å². The number of hydrogen-bond acceptors (Lipinski definition) is 4. The summed E-state index contributed by atoms with van der Waals surface area (Å²) in [4.78, 5) is 13.2. The SMILES string of the molecule is Cc1ncc(CNc2ccc(-c3cn4c(n3)CCCC4)cc2)cn1. The number of anilines is 1. The van der Waals surface area contributed by atoms with Gasteiger partial charge in [0.05, 0.1) is 5.69 Å². The molecule has 2 aromatic heterocycles. The number of aryl methyl sites for hydroxylation is 3. The molecule has 0 unspecified atom stereocenters. The van der Waals surface area contributed by atoms with Crippen molar-refractivity contribution in [3.05, 3.63) is 60.1 Å². The van der Waals surface area contributed by atoms with Crippen molar-refractivity contribution < 1.29 is 0 Å². The maximum Gasteiger partial charge on any atom is 0.125 e. The molecule has 3 aromatic rings. The minimum Gasteiger partial charge on any atom is -0.381 e. The van der Waals surface area contributed by atoms with Gasteiger partial charge in [0, 0.05) is 54.9 Å². The van der Waals surface area contributed by atoms with Gasteiger partial charge in [-0.2, -0.15) is 0 Å². The molecule has 0 bridgehead atoms. The van der Waals surface area contributed by atoms with Gasteiger partial charge in [0.25, 0.3) is 0 Å². The molecule has 24 heavy (non-hydrogen) atoms. The zero-order valence-electron chi connectivity index (χ0n) is 13.9. The summed E-state index contributed by atoms with van der Waals surface area (Å²) in [7, 11) is 0. The average molecular weight is 319 g/mol. The molecular formula is C19H21N5. The van der Waals surface area contributed by atoms with E-state index in [1.165, 1.54) is 24.2 Å². The largest absolute Gasteiger partial charge is 0.381 e. The lowest BCUT2D eigenvalue weighted by Gasteiger charge is -2.11. The van der Waals surface area contributed by atoms with Gasteiger partial charge in [0.1, 0.15) is 11.6 Å². The molecule has 0 amide bonds. The normalized spacial score (nSPS) is 13.5. The third-order valence-corrected chi connectivity index (χ3v) is 4.42. The highest BCUT2D eigenvalue weighted by Gasteiger charge is 2.13. The first kappa shape index (κ1) is 14.9. The quantitative estimate of drug-likeness (QED) is 0.798. The smallest absolute Gasteiger partial charge is 0.125 e. The van der Waals surface area contributed by atoms with E-state index in [0.29, 0.717) is 0 Å². The molecule has 3 heterocycles. The third-order valence-electron chi connectivity index (χ3n) is 4.42. The summed E-state index contributed by atoms with van der Waals surface area (Å²) in [6.45, 7) is 3.71. The Balaban J connectivity index is 1.44.